The van der Waals surface area contributed by atoms with E-state index in [0.29, 0.717) is 0 Å². The summed E-state index contributed by atoms with van der Waals surface area (Å²) in [6, 6.07) is 12.0. The molecule has 0 aliphatic carbocycles. The predicted molar refractivity (Wildman–Crippen MR) is 69.2 cm³/mol. The third kappa shape index (κ3) is 1.08. The predicted octanol–water partition coefficient (Wildman–Crippen LogP) is 2.50. The molecule has 2 aromatic carbocycles. The van der Waals surface area contributed by atoms with Crippen LogP contribution >= 0.6 is 0 Å². The van der Waals surface area contributed by atoms with E-state index in [1.807, 2.05) is 31.3 Å². The minimum absolute atomic E-state index is 0.784. The Bertz CT molecular complexity index is 636. The summed E-state index contributed by atoms with van der Waals surface area (Å²) in [4.78, 5) is 0. The number of benzene rings is 2. The molecule has 0 atom stereocenters. The molecule has 3 aromatic rings. The van der Waals surface area contributed by atoms with Gasteiger partial charge in [-0.15, -0.1) is 0 Å². The van der Waals surface area contributed by atoms with Crippen LogP contribution in [0.3, 0.4) is 0 Å². The first kappa shape index (κ1) is 9.09. The van der Waals surface area contributed by atoms with Gasteiger partial charge in [0.2, 0.25) is 0 Å². The third-order valence-electron chi connectivity index (χ3n) is 3.06. The summed E-state index contributed by atoms with van der Waals surface area (Å²) >= 11 is 0. The lowest BCUT2D eigenvalue weighted by Crippen LogP contribution is -1.90. The van der Waals surface area contributed by atoms with E-state index >= 15 is 0 Å². The van der Waals surface area contributed by atoms with Crippen LogP contribution in [0.5, 0.6) is 0 Å². The number of aryl methyl sites for hydroxylation is 1. The van der Waals surface area contributed by atoms with Crippen molar-refractivity contribution in [2.75, 3.05) is 11.5 Å². The van der Waals surface area contributed by atoms with E-state index in [9.17, 15) is 0 Å². The highest BCUT2D eigenvalue weighted by molar-refractivity contribution is 6.09. The van der Waals surface area contributed by atoms with E-state index in [1.54, 1.807) is 0 Å². The SMILES string of the molecule is Cn1c2cc(N)ccc2c2ccc(N)cc21. The van der Waals surface area contributed by atoms with Crippen LogP contribution in [0, 0.1) is 0 Å². The van der Waals surface area contributed by atoms with Gasteiger partial charge in [-0.2, -0.15) is 0 Å². The van der Waals surface area contributed by atoms with Gasteiger partial charge in [-0.3, -0.25) is 0 Å². The minimum Gasteiger partial charge on any atom is -0.399 e. The van der Waals surface area contributed by atoms with Crippen LogP contribution in [0.4, 0.5) is 11.4 Å². The van der Waals surface area contributed by atoms with Gasteiger partial charge in [0.15, 0.2) is 0 Å². The highest BCUT2D eigenvalue weighted by atomic mass is 14.9. The summed E-state index contributed by atoms with van der Waals surface area (Å²) in [5.74, 6) is 0. The van der Waals surface area contributed by atoms with Crippen molar-refractivity contribution in [1.29, 1.82) is 0 Å². The Morgan fingerprint density at radius 3 is 1.69 bits per heavy atom. The second-order valence-corrected chi connectivity index (χ2v) is 4.11. The number of nitrogens with zero attached hydrogens (tertiary/aromatic N) is 1. The zero-order chi connectivity index (χ0) is 11.3. The molecule has 0 bridgehead atoms. The monoisotopic (exact) mass is 211 g/mol. The molecule has 1 aromatic heterocycles. The van der Waals surface area contributed by atoms with Crippen LogP contribution in [0.25, 0.3) is 21.8 Å². The van der Waals surface area contributed by atoms with Gasteiger partial charge in [0.25, 0.3) is 0 Å². The summed E-state index contributed by atoms with van der Waals surface area (Å²) < 4.78 is 2.12. The summed E-state index contributed by atoms with van der Waals surface area (Å²) in [6.07, 6.45) is 0. The van der Waals surface area contributed by atoms with Crippen LogP contribution in [0.15, 0.2) is 36.4 Å². The summed E-state index contributed by atoms with van der Waals surface area (Å²) in [6.45, 7) is 0. The van der Waals surface area contributed by atoms with E-state index in [1.165, 1.54) is 10.8 Å². The first-order chi connectivity index (χ1) is 7.66. The van der Waals surface area contributed by atoms with Crippen LogP contribution in [0.2, 0.25) is 0 Å². The normalized spacial score (nSPS) is 11.3. The second-order valence-electron chi connectivity index (χ2n) is 4.11. The number of rotatable bonds is 0. The van der Waals surface area contributed by atoms with Crippen molar-refractivity contribution in [2.24, 2.45) is 7.05 Å². The van der Waals surface area contributed by atoms with Gasteiger partial charge >= 0.3 is 0 Å². The molecule has 3 rings (SSSR count). The Morgan fingerprint density at radius 1 is 0.812 bits per heavy atom. The average Bonchev–Trinajstić information content (AvgIpc) is 2.53. The van der Waals surface area contributed by atoms with Crippen molar-refractivity contribution in [3.05, 3.63) is 36.4 Å². The van der Waals surface area contributed by atoms with Crippen LogP contribution in [-0.4, -0.2) is 4.57 Å². The molecule has 0 amide bonds. The van der Waals surface area contributed by atoms with Crippen LogP contribution < -0.4 is 11.5 Å². The average molecular weight is 211 g/mol. The van der Waals surface area contributed by atoms with Crippen molar-refractivity contribution in [2.45, 2.75) is 0 Å². The third-order valence-corrected chi connectivity index (χ3v) is 3.06. The van der Waals surface area contributed by atoms with Crippen molar-refractivity contribution in [1.82, 2.24) is 4.57 Å². The topological polar surface area (TPSA) is 57.0 Å². The zero-order valence-electron chi connectivity index (χ0n) is 9.07. The number of anilines is 2. The molecule has 0 saturated carbocycles. The molecule has 4 N–H and O–H groups in total. The maximum Gasteiger partial charge on any atom is 0.0509 e. The Kier molecular flexibility index (Phi) is 1.66. The molecule has 16 heavy (non-hydrogen) atoms. The Morgan fingerprint density at radius 2 is 1.25 bits per heavy atom. The molecule has 0 radical (unpaired) electrons. The highest BCUT2D eigenvalue weighted by Gasteiger charge is 2.07. The van der Waals surface area contributed by atoms with Gasteiger partial charge in [0, 0.05) is 29.2 Å². The van der Waals surface area contributed by atoms with Gasteiger partial charge in [-0.1, -0.05) is 12.1 Å². The lowest BCUT2D eigenvalue weighted by atomic mass is 10.1. The van der Waals surface area contributed by atoms with E-state index in [2.05, 4.69) is 16.7 Å². The maximum absolute atomic E-state index is 5.81. The number of hydrogen-bond acceptors (Lipinski definition) is 2. The van der Waals surface area contributed by atoms with Crippen molar-refractivity contribution < 1.29 is 0 Å². The first-order valence-electron chi connectivity index (χ1n) is 5.20. The van der Waals surface area contributed by atoms with Gasteiger partial charge in [0.1, 0.15) is 0 Å². The molecule has 0 saturated heterocycles. The fraction of sp³-hybridized carbons (Fsp3) is 0.0769. The van der Waals surface area contributed by atoms with Gasteiger partial charge in [-0.25, -0.2) is 0 Å². The summed E-state index contributed by atoms with van der Waals surface area (Å²) in [7, 11) is 2.03. The number of aromatic nitrogens is 1. The number of nitrogens with two attached hydrogens (primary N) is 2. The highest BCUT2D eigenvalue weighted by Crippen LogP contribution is 2.30. The molecule has 1 heterocycles. The smallest absolute Gasteiger partial charge is 0.0509 e. The fourth-order valence-corrected chi connectivity index (χ4v) is 2.24. The molecule has 0 spiro atoms. The van der Waals surface area contributed by atoms with E-state index < -0.39 is 0 Å². The molecule has 0 aliphatic heterocycles. The van der Waals surface area contributed by atoms with E-state index in [-0.39, 0.29) is 0 Å². The Balaban J connectivity index is 2.59. The molecule has 3 heteroatoms. The standard InChI is InChI=1S/C13H13N3/c1-16-12-6-8(14)2-4-10(12)11-5-3-9(15)7-13(11)16/h2-7H,14-15H2,1H3. The van der Waals surface area contributed by atoms with Gasteiger partial charge < -0.3 is 16.0 Å². The quantitative estimate of drug-likeness (QED) is 0.561. The van der Waals surface area contributed by atoms with E-state index in [0.717, 1.165) is 22.4 Å². The first-order valence-corrected chi connectivity index (χ1v) is 5.20. The molecule has 3 nitrogen and oxygen atoms in total. The van der Waals surface area contributed by atoms with Crippen LogP contribution in [-0.2, 0) is 7.05 Å². The number of fused-ring (bicyclic) bond motifs is 3. The molecular formula is C13H13N3. The molecule has 80 valence electrons. The summed E-state index contributed by atoms with van der Waals surface area (Å²) in [5.41, 5.74) is 15.5. The lowest BCUT2D eigenvalue weighted by Gasteiger charge is -1.99. The van der Waals surface area contributed by atoms with Crippen molar-refractivity contribution >= 4 is 33.2 Å². The van der Waals surface area contributed by atoms with E-state index in [4.69, 9.17) is 11.5 Å². The molecule has 0 aliphatic rings. The Hall–Kier alpha value is -2.16. The Labute approximate surface area is 93.3 Å². The van der Waals surface area contributed by atoms with Crippen LogP contribution in [0.1, 0.15) is 0 Å². The molecular weight excluding hydrogens is 198 g/mol. The largest absolute Gasteiger partial charge is 0.399 e. The lowest BCUT2D eigenvalue weighted by molar-refractivity contribution is 1.01. The molecule has 0 unspecified atom stereocenters. The molecule has 0 fully saturated rings. The second kappa shape index (κ2) is 2.92. The fourth-order valence-electron chi connectivity index (χ4n) is 2.24. The van der Waals surface area contributed by atoms with Crippen molar-refractivity contribution in [3.8, 4) is 0 Å². The number of hydrogen-bond donors (Lipinski definition) is 2. The summed E-state index contributed by atoms with van der Waals surface area (Å²) in [5, 5.41) is 2.43. The number of nitrogen functional groups attached to an aromatic ring is 2. The minimum atomic E-state index is 0.784. The zero-order valence-corrected chi connectivity index (χ0v) is 9.07. The van der Waals surface area contributed by atoms with Gasteiger partial charge in [-0.05, 0) is 24.3 Å². The van der Waals surface area contributed by atoms with Crippen molar-refractivity contribution in [3.63, 3.8) is 0 Å². The van der Waals surface area contributed by atoms with Gasteiger partial charge in [0.05, 0.1) is 11.0 Å². The maximum atomic E-state index is 5.81.